The normalized spacial score (nSPS) is 10.9. The number of nitrogens with one attached hydrogen (secondary N) is 1. The molecule has 0 unspecified atom stereocenters. The van der Waals surface area contributed by atoms with E-state index >= 15 is 0 Å². The topological polar surface area (TPSA) is 39.1 Å². The van der Waals surface area contributed by atoms with Crippen LogP contribution >= 0.6 is 11.3 Å². The van der Waals surface area contributed by atoms with E-state index in [0.29, 0.717) is 6.54 Å². The Morgan fingerprint density at radius 2 is 2.20 bits per heavy atom. The predicted molar refractivity (Wildman–Crippen MR) is 83.6 cm³/mol. The summed E-state index contributed by atoms with van der Waals surface area (Å²) in [5.41, 5.74) is 3.20. The Bertz CT molecular complexity index is 745. The van der Waals surface area contributed by atoms with E-state index in [1.807, 2.05) is 14.0 Å². The van der Waals surface area contributed by atoms with Crippen LogP contribution in [0, 0.1) is 6.92 Å². The minimum Gasteiger partial charge on any atom is -0.481 e. The van der Waals surface area contributed by atoms with Crippen LogP contribution < -0.4 is 10.1 Å². The fourth-order valence-electron chi connectivity index (χ4n) is 2.41. The predicted octanol–water partition coefficient (Wildman–Crippen LogP) is 3.56. The van der Waals surface area contributed by atoms with Crippen LogP contribution in [0.5, 0.6) is 5.88 Å². The average molecular weight is 287 g/mol. The summed E-state index contributed by atoms with van der Waals surface area (Å²) in [5.74, 6) is 0.812. The molecule has 3 aromatic rings. The van der Waals surface area contributed by atoms with Gasteiger partial charge in [0.15, 0.2) is 0 Å². The number of rotatable bonds is 4. The zero-order chi connectivity index (χ0) is 14.1. The number of hydrogen-bond donors (Lipinski definition) is 1. The number of ether oxygens (including phenoxy) is 1. The van der Waals surface area contributed by atoms with Gasteiger partial charge in [0.05, 0.1) is 18.4 Å². The number of fused-ring (bicyclic) bond motifs is 1. The molecule has 0 bridgehead atoms. The first-order valence-corrected chi connectivity index (χ1v) is 7.34. The number of anilines is 1. The first-order valence-electron chi connectivity index (χ1n) is 6.46. The Morgan fingerprint density at radius 3 is 3.00 bits per heavy atom. The Morgan fingerprint density at radius 1 is 1.35 bits per heavy atom. The van der Waals surface area contributed by atoms with Gasteiger partial charge in [0.25, 0.3) is 0 Å². The fourth-order valence-corrected chi connectivity index (χ4v) is 3.18. The number of benzene rings is 1. The molecule has 1 N–H and O–H groups in total. The van der Waals surface area contributed by atoms with Crippen molar-refractivity contribution >= 4 is 27.1 Å². The van der Waals surface area contributed by atoms with Crippen LogP contribution in [0.15, 0.2) is 29.6 Å². The molecular formula is C15H17N3OS. The van der Waals surface area contributed by atoms with Gasteiger partial charge in [-0.05, 0) is 42.0 Å². The Hall–Kier alpha value is -2.01. The third-order valence-electron chi connectivity index (χ3n) is 3.40. The minimum atomic E-state index is 0.707. The summed E-state index contributed by atoms with van der Waals surface area (Å²) >= 11 is 1.76. The molecule has 4 nitrogen and oxygen atoms in total. The van der Waals surface area contributed by atoms with E-state index in [2.05, 4.69) is 40.1 Å². The highest BCUT2D eigenvalue weighted by atomic mass is 32.1. The molecule has 3 rings (SSSR count). The van der Waals surface area contributed by atoms with E-state index in [-0.39, 0.29) is 0 Å². The molecule has 2 aromatic heterocycles. The van der Waals surface area contributed by atoms with Gasteiger partial charge in [0.2, 0.25) is 5.88 Å². The Labute approximate surface area is 122 Å². The van der Waals surface area contributed by atoms with Crippen LogP contribution in [0.3, 0.4) is 0 Å². The molecule has 0 saturated heterocycles. The molecule has 0 aliphatic carbocycles. The molecule has 0 saturated carbocycles. The zero-order valence-electron chi connectivity index (χ0n) is 11.8. The smallest absolute Gasteiger partial charge is 0.216 e. The van der Waals surface area contributed by atoms with Gasteiger partial charge in [-0.1, -0.05) is 0 Å². The molecule has 5 heteroatoms. The van der Waals surface area contributed by atoms with Crippen molar-refractivity contribution in [3.63, 3.8) is 0 Å². The highest BCUT2D eigenvalue weighted by Crippen LogP contribution is 2.26. The molecule has 104 valence electrons. The summed E-state index contributed by atoms with van der Waals surface area (Å²) in [6, 6.07) is 8.57. The largest absolute Gasteiger partial charge is 0.481 e. The van der Waals surface area contributed by atoms with Gasteiger partial charge in [-0.15, -0.1) is 11.3 Å². The number of aryl methyl sites for hydroxylation is 2. The van der Waals surface area contributed by atoms with Gasteiger partial charge in [-0.2, -0.15) is 5.10 Å². The second-order valence-corrected chi connectivity index (χ2v) is 5.67. The molecule has 0 amide bonds. The number of thiophene rings is 1. The number of hydrogen-bond acceptors (Lipinski definition) is 4. The molecular weight excluding hydrogens is 270 g/mol. The molecule has 2 heterocycles. The van der Waals surface area contributed by atoms with E-state index in [1.165, 1.54) is 10.1 Å². The van der Waals surface area contributed by atoms with Crippen molar-refractivity contribution in [3.8, 4) is 5.88 Å². The molecule has 0 aliphatic rings. The maximum absolute atomic E-state index is 5.41. The van der Waals surface area contributed by atoms with Gasteiger partial charge >= 0.3 is 0 Å². The zero-order valence-corrected chi connectivity index (χ0v) is 12.6. The molecule has 0 radical (unpaired) electrons. The lowest BCUT2D eigenvalue weighted by molar-refractivity contribution is 0.370. The highest BCUT2D eigenvalue weighted by molar-refractivity contribution is 7.17. The summed E-state index contributed by atoms with van der Waals surface area (Å²) in [4.78, 5) is 0. The standard InChI is InChI=1S/C15H17N3OS/c1-10-13(15(19-3)18(2)17-10)9-16-12-4-5-14-11(8-12)6-7-20-14/h4-8,16H,9H2,1-3H3. The molecule has 1 aromatic carbocycles. The van der Waals surface area contributed by atoms with E-state index < -0.39 is 0 Å². The Kier molecular flexibility index (Phi) is 3.36. The third kappa shape index (κ3) is 2.25. The first-order chi connectivity index (χ1) is 9.69. The first kappa shape index (κ1) is 13.0. The van der Waals surface area contributed by atoms with Crippen molar-refractivity contribution in [3.05, 3.63) is 40.9 Å². The van der Waals surface area contributed by atoms with Crippen molar-refractivity contribution in [2.24, 2.45) is 7.05 Å². The van der Waals surface area contributed by atoms with Crippen LogP contribution in [0.4, 0.5) is 5.69 Å². The van der Waals surface area contributed by atoms with Crippen molar-refractivity contribution < 1.29 is 4.74 Å². The van der Waals surface area contributed by atoms with E-state index in [0.717, 1.165) is 22.8 Å². The molecule has 0 atom stereocenters. The molecule has 0 spiro atoms. The molecule has 20 heavy (non-hydrogen) atoms. The van der Waals surface area contributed by atoms with Gasteiger partial charge in [0.1, 0.15) is 0 Å². The van der Waals surface area contributed by atoms with Crippen molar-refractivity contribution in [1.29, 1.82) is 0 Å². The van der Waals surface area contributed by atoms with Gasteiger partial charge in [-0.25, -0.2) is 4.68 Å². The fraction of sp³-hybridized carbons (Fsp3) is 0.267. The van der Waals surface area contributed by atoms with Gasteiger partial charge < -0.3 is 10.1 Å². The number of methoxy groups -OCH3 is 1. The van der Waals surface area contributed by atoms with Crippen LogP contribution in [-0.4, -0.2) is 16.9 Å². The number of aromatic nitrogens is 2. The minimum absolute atomic E-state index is 0.707. The van der Waals surface area contributed by atoms with E-state index in [4.69, 9.17) is 4.74 Å². The van der Waals surface area contributed by atoms with Crippen LogP contribution in [0.2, 0.25) is 0 Å². The van der Waals surface area contributed by atoms with Crippen LogP contribution in [0.1, 0.15) is 11.3 Å². The summed E-state index contributed by atoms with van der Waals surface area (Å²) in [6.45, 7) is 2.71. The molecule has 0 fully saturated rings. The maximum atomic E-state index is 5.41. The molecule has 0 aliphatic heterocycles. The second kappa shape index (κ2) is 5.17. The van der Waals surface area contributed by atoms with Crippen LogP contribution in [-0.2, 0) is 13.6 Å². The third-order valence-corrected chi connectivity index (χ3v) is 4.30. The van der Waals surface area contributed by atoms with Crippen molar-refractivity contribution in [1.82, 2.24) is 9.78 Å². The number of nitrogens with zero attached hydrogens (tertiary/aromatic N) is 2. The second-order valence-electron chi connectivity index (χ2n) is 4.72. The highest BCUT2D eigenvalue weighted by Gasteiger charge is 2.13. The average Bonchev–Trinajstić information content (AvgIpc) is 2.99. The summed E-state index contributed by atoms with van der Waals surface area (Å²) in [7, 11) is 3.57. The van der Waals surface area contributed by atoms with Crippen molar-refractivity contribution in [2.75, 3.05) is 12.4 Å². The summed E-state index contributed by atoms with van der Waals surface area (Å²) < 4.78 is 8.49. The SMILES string of the molecule is COc1c(CNc2ccc3sccc3c2)c(C)nn1C. The monoisotopic (exact) mass is 287 g/mol. The summed E-state index contributed by atoms with van der Waals surface area (Å²) in [6.07, 6.45) is 0. The quantitative estimate of drug-likeness (QED) is 0.797. The van der Waals surface area contributed by atoms with E-state index in [1.54, 1.807) is 23.1 Å². The van der Waals surface area contributed by atoms with Gasteiger partial charge in [-0.3, -0.25) is 0 Å². The van der Waals surface area contributed by atoms with Crippen molar-refractivity contribution in [2.45, 2.75) is 13.5 Å². The lowest BCUT2D eigenvalue weighted by Gasteiger charge is -2.08. The Balaban J connectivity index is 1.82. The van der Waals surface area contributed by atoms with Crippen LogP contribution in [0.25, 0.3) is 10.1 Å². The van der Waals surface area contributed by atoms with E-state index in [9.17, 15) is 0 Å². The lowest BCUT2D eigenvalue weighted by Crippen LogP contribution is -2.02. The summed E-state index contributed by atoms with van der Waals surface area (Å²) in [5, 5.41) is 11.2. The van der Waals surface area contributed by atoms with Gasteiger partial charge in [0, 0.05) is 24.0 Å². The lowest BCUT2D eigenvalue weighted by atomic mass is 10.2. The maximum Gasteiger partial charge on any atom is 0.216 e.